The summed E-state index contributed by atoms with van der Waals surface area (Å²) in [4.78, 5) is 32.9. The molecule has 1 aliphatic heterocycles. The summed E-state index contributed by atoms with van der Waals surface area (Å²) in [6.45, 7) is 12.9. The zero-order valence-electron chi connectivity index (χ0n) is 25.0. The molecule has 218 valence electrons. The fraction of sp³-hybridized carbons (Fsp3) is 0.441. The van der Waals surface area contributed by atoms with Gasteiger partial charge in [0, 0.05) is 24.9 Å². The highest BCUT2D eigenvalue weighted by Crippen LogP contribution is 2.45. The molecule has 2 aromatic rings. The lowest BCUT2D eigenvalue weighted by molar-refractivity contribution is -0.143. The highest BCUT2D eigenvalue weighted by molar-refractivity contribution is 5.92. The summed E-state index contributed by atoms with van der Waals surface area (Å²) in [6.07, 6.45) is 11.4. The molecule has 2 atom stereocenters. The number of fused-ring (bicyclic) bond motifs is 2. The zero-order chi connectivity index (χ0) is 29.8. The largest absolute Gasteiger partial charge is 0.349 e. The number of carbonyl (C=O) groups excluding carboxylic acids is 2. The number of carbonyl (C=O) groups is 2. The van der Waals surface area contributed by atoms with E-state index >= 15 is 0 Å². The van der Waals surface area contributed by atoms with Crippen molar-refractivity contribution >= 4 is 17.9 Å². The Kier molecular flexibility index (Phi) is 9.15. The lowest BCUT2D eigenvalue weighted by Crippen LogP contribution is -2.43. The molecule has 7 heteroatoms. The fourth-order valence-corrected chi connectivity index (χ4v) is 6.00. The summed E-state index contributed by atoms with van der Waals surface area (Å²) in [5, 5.41) is 5.98. The van der Waals surface area contributed by atoms with Gasteiger partial charge in [-0.25, -0.2) is 4.39 Å². The topological polar surface area (TPSA) is 74.3 Å². The molecule has 0 saturated heterocycles. The van der Waals surface area contributed by atoms with Crippen LogP contribution >= 0.6 is 0 Å². The summed E-state index contributed by atoms with van der Waals surface area (Å²) in [5.74, 6) is 0.502. The summed E-state index contributed by atoms with van der Waals surface area (Å²) >= 11 is 0. The lowest BCUT2D eigenvalue weighted by atomic mass is 9.79. The minimum atomic E-state index is -1.08. The van der Waals surface area contributed by atoms with Gasteiger partial charge in [-0.15, -0.1) is 0 Å². The second-order valence-corrected chi connectivity index (χ2v) is 12.0. The molecule has 3 aliphatic rings. The second-order valence-electron chi connectivity index (χ2n) is 12.0. The van der Waals surface area contributed by atoms with E-state index in [0.717, 1.165) is 40.8 Å². The summed E-state index contributed by atoms with van der Waals surface area (Å²) in [6, 6.07) is 10.2. The van der Waals surface area contributed by atoms with Crippen LogP contribution < -0.4 is 10.6 Å². The van der Waals surface area contributed by atoms with Gasteiger partial charge in [0.15, 0.2) is 0 Å². The smallest absolute Gasteiger partial charge is 0.236 e. The third kappa shape index (κ3) is 5.85. The van der Waals surface area contributed by atoms with E-state index in [0.29, 0.717) is 25.2 Å². The van der Waals surface area contributed by atoms with Crippen molar-refractivity contribution in [3.8, 4) is 0 Å². The second kappa shape index (κ2) is 12.4. The Bertz CT molecular complexity index is 1380. The standard InChI is InChI=1S/C31H35FN4O2.C3H8/c1-5-33-27-20(2)31(28(37)35-27)16-23-15-21(18-34-25(23)17-31)9-8-14-36(29(38)30(3,4)19-32)26-13-12-22-10-6-7-11-24(22)26;1-3-2/h5-11,15,18,26,33H,1,12-14,16-17,19H2,2-4H3,(H,35,37);3H2,1-2H3/b9-8+;. The van der Waals surface area contributed by atoms with Gasteiger partial charge in [-0.3, -0.25) is 14.6 Å². The van der Waals surface area contributed by atoms with Crippen molar-refractivity contribution in [2.45, 2.75) is 72.8 Å². The molecule has 0 fully saturated rings. The van der Waals surface area contributed by atoms with Crippen molar-refractivity contribution in [2.24, 2.45) is 10.8 Å². The van der Waals surface area contributed by atoms with Crippen molar-refractivity contribution in [1.82, 2.24) is 20.5 Å². The molecule has 5 rings (SSSR count). The molecule has 2 amide bonds. The number of benzene rings is 1. The molecule has 1 spiro atoms. The van der Waals surface area contributed by atoms with E-state index in [-0.39, 0.29) is 17.9 Å². The maximum Gasteiger partial charge on any atom is 0.236 e. The summed E-state index contributed by atoms with van der Waals surface area (Å²) in [5.41, 5.74) is 4.56. The minimum absolute atomic E-state index is 0.0177. The van der Waals surface area contributed by atoms with E-state index in [4.69, 9.17) is 0 Å². The molecular formula is C34H43FN4O2. The molecule has 6 nitrogen and oxygen atoms in total. The molecular weight excluding hydrogens is 515 g/mol. The van der Waals surface area contributed by atoms with Crippen LogP contribution in [-0.2, 0) is 28.9 Å². The van der Waals surface area contributed by atoms with Crippen LogP contribution in [0.4, 0.5) is 4.39 Å². The zero-order valence-corrected chi connectivity index (χ0v) is 25.0. The van der Waals surface area contributed by atoms with Crippen molar-refractivity contribution < 1.29 is 14.0 Å². The number of pyridine rings is 1. The third-order valence-corrected chi connectivity index (χ3v) is 8.32. The quantitative estimate of drug-likeness (QED) is 0.405. The van der Waals surface area contributed by atoms with Gasteiger partial charge < -0.3 is 15.5 Å². The molecule has 2 unspecified atom stereocenters. The number of aromatic nitrogens is 1. The van der Waals surface area contributed by atoms with Gasteiger partial charge in [-0.1, -0.05) is 63.3 Å². The normalized spacial score (nSPS) is 20.9. The van der Waals surface area contributed by atoms with Gasteiger partial charge in [0.2, 0.25) is 11.8 Å². The van der Waals surface area contributed by atoms with Crippen LogP contribution in [0.1, 0.15) is 81.4 Å². The molecule has 2 aliphatic carbocycles. The van der Waals surface area contributed by atoms with Gasteiger partial charge >= 0.3 is 0 Å². The van der Waals surface area contributed by atoms with E-state index in [2.05, 4.69) is 54.2 Å². The molecule has 0 radical (unpaired) electrons. The van der Waals surface area contributed by atoms with E-state index < -0.39 is 17.5 Å². The number of hydrogen-bond donors (Lipinski definition) is 2. The first kappa shape index (κ1) is 30.2. The molecule has 41 heavy (non-hydrogen) atoms. The number of aryl methyl sites for hydroxylation is 1. The Morgan fingerprint density at radius 1 is 1.27 bits per heavy atom. The first-order valence-corrected chi connectivity index (χ1v) is 14.6. The lowest BCUT2D eigenvalue weighted by Gasteiger charge is -2.34. The number of nitrogens with one attached hydrogen (secondary N) is 2. The Labute approximate surface area is 243 Å². The SMILES string of the molecule is C=CNC1=C(C)C2(Cc3cc(/C=C/CN(C(=O)C(C)(C)CF)C4CCc5ccccc54)cnc3C2)C(=O)N1.CCC. The number of alkyl halides is 1. The maximum atomic E-state index is 13.8. The van der Waals surface area contributed by atoms with Gasteiger partial charge in [0.05, 0.1) is 16.9 Å². The van der Waals surface area contributed by atoms with Crippen LogP contribution in [0.15, 0.2) is 66.8 Å². The maximum absolute atomic E-state index is 13.8. The Hall–Kier alpha value is -3.74. The van der Waals surface area contributed by atoms with E-state index in [1.54, 1.807) is 20.0 Å². The molecule has 2 N–H and O–H groups in total. The van der Waals surface area contributed by atoms with Gasteiger partial charge in [0.1, 0.15) is 12.5 Å². The number of amides is 2. The predicted octanol–water partition coefficient (Wildman–Crippen LogP) is 6.20. The Morgan fingerprint density at radius 3 is 2.71 bits per heavy atom. The average Bonchev–Trinajstić information content (AvgIpc) is 3.62. The Morgan fingerprint density at radius 2 is 2.00 bits per heavy atom. The first-order chi connectivity index (χ1) is 19.6. The average molecular weight is 559 g/mol. The van der Waals surface area contributed by atoms with Crippen molar-refractivity contribution in [3.63, 3.8) is 0 Å². The van der Waals surface area contributed by atoms with Crippen molar-refractivity contribution in [2.75, 3.05) is 13.2 Å². The highest BCUT2D eigenvalue weighted by atomic mass is 19.1. The first-order valence-electron chi connectivity index (χ1n) is 14.6. The Balaban J connectivity index is 0.00000124. The molecule has 1 aromatic carbocycles. The van der Waals surface area contributed by atoms with Crippen LogP contribution in [0.5, 0.6) is 0 Å². The van der Waals surface area contributed by atoms with Gasteiger partial charge in [0.25, 0.3) is 0 Å². The van der Waals surface area contributed by atoms with Gasteiger partial charge in [-0.05, 0) is 80.1 Å². The molecule has 0 saturated carbocycles. The number of halogens is 1. The van der Waals surface area contributed by atoms with Crippen LogP contribution in [0, 0.1) is 10.8 Å². The van der Waals surface area contributed by atoms with Crippen molar-refractivity contribution in [1.29, 1.82) is 0 Å². The van der Waals surface area contributed by atoms with E-state index in [1.807, 2.05) is 42.3 Å². The molecule has 0 bridgehead atoms. The summed E-state index contributed by atoms with van der Waals surface area (Å²) in [7, 11) is 0. The number of rotatable bonds is 8. The predicted molar refractivity (Wildman–Crippen MR) is 162 cm³/mol. The minimum Gasteiger partial charge on any atom is -0.349 e. The van der Waals surface area contributed by atoms with Crippen LogP contribution in [0.3, 0.4) is 0 Å². The van der Waals surface area contributed by atoms with Crippen molar-refractivity contribution in [3.05, 3.63) is 94.7 Å². The number of hydrogen-bond acceptors (Lipinski definition) is 4. The molecule has 1 aromatic heterocycles. The highest BCUT2D eigenvalue weighted by Gasteiger charge is 2.51. The van der Waals surface area contributed by atoms with Gasteiger partial charge in [-0.2, -0.15) is 0 Å². The van der Waals surface area contributed by atoms with Crippen LogP contribution in [0.25, 0.3) is 6.08 Å². The fourth-order valence-electron chi connectivity index (χ4n) is 6.00. The van der Waals surface area contributed by atoms with E-state index in [9.17, 15) is 14.0 Å². The summed E-state index contributed by atoms with van der Waals surface area (Å²) < 4.78 is 13.8. The molecule has 2 heterocycles. The third-order valence-electron chi connectivity index (χ3n) is 8.32. The van der Waals surface area contributed by atoms with Crippen LogP contribution in [-0.4, -0.2) is 34.9 Å². The monoisotopic (exact) mass is 558 g/mol. The number of nitrogens with zero attached hydrogens (tertiary/aromatic N) is 2. The van der Waals surface area contributed by atoms with E-state index in [1.165, 1.54) is 12.0 Å². The van der Waals surface area contributed by atoms with Crippen LogP contribution in [0.2, 0.25) is 0 Å².